The van der Waals surface area contributed by atoms with Gasteiger partial charge in [-0.15, -0.1) is 0 Å². The number of aliphatic hydroxyl groups excluding tert-OH is 1. The molecule has 1 aromatic rings. The van der Waals surface area contributed by atoms with E-state index in [0.717, 1.165) is 49.4 Å². The van der Waals surface area contributed by atoms with Crippen molar-refractivity contribution in [1.29, 1.82) is 0 Å². The van der Waals surface area contributed by atoms with Gasteiger partial charge in [-0.2, -0.15) is 5.10 Å². The fraction of sp³-hybridized carbons (Fsp3) is 0.750. The number of nitrogens with zero attached hydrogens (tertiary/aromatic N) is 2. The Balaban J connectivity index is 2.20. The van der Waals surface area contributed by atoms with Crippen LogP contribution in [-0.2, 0) is 6.54 Å². The molecule has 0 aromatic carbocycles. The van der Waals surface area contributed by atoms with Crippen molar-refractivity contribution in [1.82, 2.24) is 9.78 Å². The standard InChI is InChI=1S/C12H19ClN2O/c1-2-6-15-12(11(13)8-14-15)9-4-3-5-10(16)7-9/h8-10,16H,2-7H2,1H3. The highest BCUT2D eigenvalue weighted by atomic mass is 35.5. The second-order valence-electron chi connectivity index (χ2n) is 4.62. The third-order valence-electron chi connectivity index (χ3n) is 3.30. The lowest BCUT2D eigenvalue weighted by Crippen LogP contribution is -2.21. The van der Waals surface area contributed by atoms with E-state index in [4.69, 9.17) is 11.6 Å². The maximum atomic E-state index is 9.72. The minimum absolute atomic E-state index is 0.167. The highest BCUT2D eigenvalue weighted by molar-refractivity contribution is 6.31. The van der Waals surface area contributed by atoms with Crippen LogP contribution in [0.4, 0.5) is 0 Å². The smallest absolute Gasteiger partial charge is 0.0820 e. The minimum Gasteiger partial charge on any atom is -0.393 e. The van der Waals surface area contributed by atoms with Gasteiger partial charge in [0.05, 0.1) is 23.0 Å². The van der Waals surface area contributed by atoms with Crippen molar-refractivity contribution in [2.45, 2.75) is 57.6 Å². The first kappa shape index (κ1) is 11.9. The van der Waals surface area contributed by atoms with Crippen LogP contribution in [0.15, 0.2) is 6.20 Å². The molecule has 1 aliphatic carbocycles. The molecule has 1 N–H and O–H groups in total. The zero-order valence-electron chi connectivity index (χ0n) is 9.69. The van der Waals surface area contributed by atoms with Crippen LogP contribution in [0.3, 0.4) is 0 Å². The summed E-state index contributed by atoms with van der Waals surface area (Å²) >= 11 is 6.20. The fourth-order valence-corrected chi connectivity index (χ4v) is 2.88. The fourth-order valence-electron chi connectivity index (χ4n) is 2.58. The van der Waals surface area contributed by atoms with Crippen LogP contribution in [-0.4, -0.2) is 21.0 Å². The van der Waals surface area contributed by atoms with E-state index in [1.54, 1.807) is 6.20 Å². The molecule has 3 nitrogen and oxygen atoms in total. The molecule has 1 heterocycles. The van der Waals surface area contributed by atoms with Gasteiger partial charge in [0.25, 0.3) is 0 Å². The molecular formula is C12H19ClN2O. The largest absolute Gasteiger partial charge is 0.393 e. The van der Waals surface area contributed by atoms with Crippen LogP contribution < -0.4 is 0 Å². The van der Waals surface area contributed by atoms with Gasteiger partial charge in [-0.25, -0.2) is 0 Å². The molecule has 1 aliphatic rings. The van der Waals surface area contributed by atoms with Gasteiger partial charge < -0.3 is 5.11 Å². The Bertz CT molecular complexity index is 351. The summed E-state index contributed by atoms with van der Waals surface area (Å²) in [5, 5.41) is 14.8. The third-order valence-corrected chi connectivity index (χ3v) is 3.59. The van der Waals surface area contributed by atoms with Gasteiger partial charge in [-0.05, 0) is 25.7 Å². The lowest BCUT2D eigenvalue weighted by atomic mass is 9.85. The predicted octanol–water partition coefficient (Wildman–Crippen LogP) is 2.97. The van der Waals surface area contributed by atoms with E-state index in [9.17, 15) is 5.11 Å². The number of hydrogen-bond acceptors (Lipinski definition) is 2. The first-order valence-corrected chi connectivity index (χ1v) is 6.49. The summed E-state index contributed by atoms with van der Waals surface area (Å²) in [6.07, 6.45) is 6.57. The molecule has 0 saturated heterocycles. The van der Waals surface area contributed by atoms with Crippen LogP contribution in [0.2, 0.25) is 5.02 Å². The topological polar surface area (TPSA) is 38.0 Å². The Morgan fingerprint density at radius 1 is 1.56 bits per heavy atom. The Labute approximate surface area is 101 Å². The van der Waals surface area contributed by atoms with Crippen molar-refractivity contribution in [3.63, 3.8) is 0 Å². The molecule has 0 bridgehead atoms. The summed E-state index contributed by atoms with van der Waals surface area (Å²) < 4.78 is 2.00. The third kappa shape index (κ3) is 2.41. The Kier molecular flexibility index (Phi) is 3.87. The molecule has 0 spiro atoms. The van der Waals surface area contributed by atoms with Crippen molar-refractivity contribution in [3.05, 3.63) is 16.9 Å². The summed E-state index contributed by atoms with van der Waals surface area (Å²) in [5.74, 6) is 0.380. The first-order chi connectivity index (χ1) is 7.72. The van der Waals surface area contributed by atoms with E-state index in [2.05, 4.69) is 12.0 Å². The molecule has 0 aliphatic heterocycles. The van der Waals surface area contributed by atoms with E-state index in [0.29, 0.717) is 5.92 Å². The van der Waals surface area contributed by atoms with Crippen LogP contribution in [0.25, 0.3) is 0 Å². The lowest BCUT2D eigenvalue weighted by molar-refractivity contribution is 0.117. The summed E-state index contributed by atoms with van der Waals surface area (Å²) in [4.78, 5) is 0. The van der Waals surface area contributed by atoms with E-state index in [-0.39, 0.29) is 6.10 Å². The molecule has 2 rings (SSSR count). The SMILES string of the molecule is CCCn1ncc(Cl)c1C1CCCC(O)C1. The average Bonchev–Trinajstić information content (AvgIpc) is 2.60. The van der Waals surface area contributed by atoms with Gasteiger partial charge in [0.15, 0.2) is 0 Å². The van der Waals surface area contributed by atoms with Crippen molar-refractivity contribution < 1.29 is 5.11 Å². The van der Waals surface area contributed by atoms with E-state index in [1.807, 2.05) is 4.68 Å². The van der Waals surface area contributed by atoms with E-state index >= 15 is 0 Å². The van der Waals surface area contributed by atoms with Crippen LogP contribution >= 0.6 is 11.6 Å². The van der Waals surface area contributed by atoms with Gasteiger partial charge in [0, 0.05) is 12.5 Å². The summed E-state index contributed by atoms with van der Waals surface area (Å²) in [5.41, 5.74) is 1.13. The van der Waals surface area contributed by atoms with Gasteiger partial charge >= 0.3 is 0 Å². The normalized spacial score (nSPS) is 25.9. The number of aromatic nitrogens is 2. The second kappa shape index (κ2) is 5.19. The Hall–Kier alpha value is -0.540. The molecule has 2 atom stereocenters. The number of aliphatic hydroxyl groups is 1. The highest BCUT2D eigenvalue weighted by Crippen LogP contribution is 2.36. The number of aryl methyl sites for hydroxylation is 1. The molecule has 1 saturated carbocycles. The van der Waals surface area contributed by atoms with E-state index in [1.165, 1.54) is 0 Å². The van der Waals surface area contributed by atoms with Crippen LogP contribution in [0.1, 0.15) is 50.6 Å². The van der Waals surface area contributed by atoms with Gasteiger partial charge in [0.1, 0.15) is 0 Å². The quantitative estimate of drug-likeness (QED) is 0.885. The van der Waals surface area contributed by atoms with Crippen molar-refractivity contribution in [2.24, 2.45) is 0 Å². The predicted molar refractivity (Wildman–Crippen MR) is 64.7 cm³/mol. The molecule has 4 heteroatoms. The van der Waals surface area contributed by atoms with Gasteiger partial charge in [-0.3, -0.25) is 4.68 Å². The van der Waals surface area contributed by atoms with Gasteiger partial charge in [0.2, 0.25) is 0 Å². The van der Waals surface area contributed by atoms with Gasteiger partial charge in [-0.1, -0.05) is 24.9 Å². The molecule has 1 fully saturated rings. The summed E-state index contributed by atoms with van der Waals surface area (Å²) in [6.45, 7) is 3.05. The summed E-state index contributed by atoms with van der Waals surface area (Å²) in [7, 11) is 0. The lowest BCUT2D eigenvalue weighted by Gasteiger charge is -2.26. The summed E-state index contributed by atoms with van der Waals surface area (Å²) in [6, 6.07) is 0. The van der Waals surface area contributed by atoms with Crippen molar-refractivity contribution in [2.75, 3.05) is 0 Å². The Morgan fingerprint density at radius 3 is 3.06 bits per heavy atom. The van der Waals surface area contributed by atoms with Crippen molar-refractivity contribution >= 4 is 11.6 Å². The highest BCUT2D eigenvalue weighted by Gasteiger charge is 2.26. The monoisotopic (exact) mass is 242 g/mol. The molecule has 1 aromatic heterocycles. The minimum atomic E-state index is -0.167. The molecule has 2 unspecified atom stereocenters. The Morgan fingerprint density at radius 2 is 2.38 bits per heavy atom. The number of hydrogen-bond donors (Lipinski definition) is 1. The molecule has 0 amide bonds. The van der Waals surface area contributed by atoms with Crippen LogP contribution in [0, 0.1) is 0 Å². The number of rotatable bonds is 3. The van der Waals surface area contributed by atoms with Crippen molar-refractivity contribution in [3.8, 4) is 0 Å². The zero-order valence-corrected chi connectivity index (χ0v) is 10.5. The maximum Gasteiger partial charge on any atom is 0.0820 e. The average molecular weight is 243 g/mol. The van der Waals surface area contributed by atoms with Crippen LogP contribution in [0.5, 0.6) is 0 Å². The number of halogens is 1. The first-order valence-electron chi connectivity index (χ1n) is 6.11. The zero-order chi connectivity index (χ0) is 11.5. The molecular weight excluding hydrogens is 224 g/mol. The second-order valence-corrected chi connectivity index (χ2v) is 5.03. The van der Waals surface area contributed by atoms with E-state index < -0.39 is 0 Å². The molecule has 16 heavy (non-hydrogen) atoms. The maximum absolute atomic E-state index is 9.72. The molecule has 0 radical (unpaired) electrons. The molecule has 90 valence electrons.